The minimum atomic E-state index is -4.39. The fraction of sp³-hybridized carbons (Fsp3) is 0.368. The summed E-state index contributed by atoms with van der Waals surface area (Å²) in [6.07, 6.45) is -4.69. The molecule has 0 fully saturated rings. The molecule has 0 aliphatic heterocycles. The van der Waals surface area contributed by atoms with Crippen molar-refractivity contribution < 1.29 is 18.3 Å². The zero-order valence-corrected chi connectivity index (χ0v) is 13.7. The molecule has 0 aliphatic carbocycles. The summed E-state index contributed by atoms with van der Waals surface area (Å²) >= 11 is 0. The molecule has 0 radical (unpaired) electrons. The van der Waals surface area contributed by atoms with E-state index in [1.807, 2.05) is 38.1 Å². The van der Waals surface area contributed by atoms with Gasteiger partial charge in [-0.2, -0.15) is 13.2 Å². The van der Waals surface area contributed by atoms with E-state index in [1.54, 1.807) is 0 Å². The predicted octanol–water partition coefficient (Wildman–Crippen LogP) is 4.25. The Bertz CT molecular complexity index is 667. The zero-order valence-electron chi connectivity index (χ0n) is 13.7. The number of benzene rings is 2. The lowest BCUT2D eigenvalue weighted by Gasteiger charge is -2.26. The first-order chi connectivity index (χ1) is 11.2. The molecule has 2 rings (SSSR count). The molecule has 2 aromatic carbocycles. The molecule has 0 bridgehead atoms. The summed E-state index contributed by atoms with van der Waals surface area (Å²) in [6, 6.07) is 11.9. The second-order valence-electron chi connectivity index (χ2n) is 6.25. The molecule has 0 saturated carbocycles. The van der Waals surface area contributed by atoms with Gasteiger partial charge in [-0.3, -0.25) is 0 Å². The van der Waals surface area contributed by atoms with Crippen LogP contribution in [0, 0.1) is 12.8 Å². The molecule has 3 N–H and O–H groups in total. The van der Waals surface area contributed by atoms with Gasteiger partial charge in [0.1, 0.15) is 0 Å². The maximum atomic E-state index is 12.6. The molecule has 0 heterocycles. The van der Waals surface area contributed by atoms with E-state index in [-0.39, 0.29) is 5.92 Å². The van der Waals surface area contributed by atoms with Crippen LogP contribution >= 0.6 is 0 Å². The third-order valence-corrected chi connectivity index (χ3v) is 4.40. The molecule has 0 aliphatic rings. The number of nitrogens with two attached hydrogens (primary N) is 1. The van der Waals surface area contributed by atoms with Crippen LogP contribution in [0.5, 0.6) is 0 Å². The molecular weight excluding hydrogens is 315 g/mol. The van der Waals surface area contributed by atoms with Gasteiger partial charge in [0.05, 0.1) is 11.7 Å². The lowest BCUT2D eigenvalue weighted by atomic mass is 9.87. The monoisotopic (exact) mass is 337 g/mol. The second kappa shape index (κ2) is 7.36. The number of aliphatic hydroxyl groups excluding tert-OH is 1. The number of halogens is 3. The summed E-state index contributed by atoms with van der Waals surface area (Å²) < 4.78 is 37.8. The molecule has 0 saturated heterocycles. The van der Waals surface area contributed by atoms with Gasteiger partial charge in [0.25, 0.3) is 0 Å². The molecule has 0 amide bonds. The van der Waals surface area contributed by atoms with Gasteiger partial charge in [0.15, 0.2) is 0 Å². The summed E-state index contributed by atoms with van der Waals surface area (Å²) in [5.41, 5.74) is 8.11. The summed E-state index contributed by atoms with van der Waals surface area (Å²) in [5, 5.41) is 10.4. The molecule has 3 atom stereocenters. The Morgan fingerprint density at radius 1 is 1.04 bits per heavy atom. The van der Waals surface area contributed by atoms with E-state index < -0.39 is 23.9 Å². The minimum absolute atomic E-state index is 0.0246. The van der Waals surface area contributed by atoms with Crippen LogP contribution in [0.3, 0.4) is 0 Å². The van der Waals surface area contributed by atoms with Gasteiger partial charge in [-0.05, 0) is 48.1 Å². The number of aryl methyl sites for hydroxylation is 1. The van der Waals surface area contributed by atoms with Crippen LogP contribution < -0.4 is 5.73 Å². The number of aliphatic hydroxyl groups is 1. The molecule has 5 heteroatoms. The molecule has 0 aromatic heterocycles. The molecule has 24 heavy (non-hydrogen) atoms. The van der Waals surface area contributed by atoms with E-state index >= 15 is 0 Å². The SMILES string of the molecule is Cc1ccccc1CC(C)[C@@H](N)[C@H](O)c1ccc(C(F)(F)F)cc1. The van der Waals surface area contributed by atoms with Crippen molar-refractivity contribution in [1.82, 2.24) is 0 Å². The molecule has 130 valence electrons. The molecular formula is C19H22F3NO. The maximum Gasteiger partial charge on any atom is 0.416 e. The molecule has 1 unspecified atom stereocenters. The van der Waals surface area contributed by atoms with Crippen LogP contribution in [0.2, 0.25) is 0 Å². The average molecular weight is 337 g/mol. The van der Waals surface area contributed by atoms with Crippen molar-refractivity contribution >= 4 is 0 Å². The van der Waals surface area contributed by atoms with Gasteiger partial charge in [-0.1, -0.05) is 43.3 Å². The Labute approximate surface area is 140 Å². The van der Waals surface area contributed by atoms with Crippen LogP contribution in [0.4, 0.5) is 13.2 Å². The lowest BCUT2D eigenvalue weighted by molar-refractivity contribution is -0.137. The van der Waals surface area contributed by atoms with Crippen molar-refractivity contribution in [2.75, 3.05) is 0 Å². The van der Waals surface area contributed by atoms with Gasteiger partial charge in [0, 0.05) is 6.04 Å². The van der Waals surface area contributed by atoms with Crippen LogP contribution in [0.1, 0.15) is 35.3 Å². The van der Waals surface area contributed by atoms with Gasteiger partial charge in [0.2, 0.25) is 0 Å². The van der Waals surface area contributed by atoms with E-state index in [0.717, 1.165) is 23.3 Å². The van der Waals surface area contributed by atoms with Gasteiger partial charge in [-0.15, -0.1) is 0 Å². The number of alkyl halides is 3. The summed E-state index contributed by atoms with van der Waals surface area (Å²) in [7, 11) is 0. The van der Waals surface area contributed by atoms with E-state index in [4.69, 9.17) is 5.73 Å². The number of hydrogen-bond donors (Lipinski definition) is 2. The summed E-state index contributed by atoms with van der Waals surface area (Å²) in [5.74, 6) is -0.0246. The van der Waals surface area contributed by atoms with E-state index in [1.165, 1.54) is 12.1 Å². The standard InChI is InChI=1S/C19H22F3NO/c1-12-5-3-4-6-15(12)11-13(2)17(23)18(24)14-7-9-16(10-8-14)19(20,21)22/h3-10,13,17-18,24H,11,23H2,1-2H3/t13?,17-,18-/m1/s1. The van der Waals surface area contributed by atoms with Crippen molar-refractivity contribution in [2.45, 2.75) is 38.6 Å². The second-order valence-corrected chi connectivity index (χ2v) is 6.25. The van der Waals surface area contributed by atoms with E-state index in [0.29, 0.717) is 12.0 Å². The molecule has 2 nitrogen and oxygen atoms in total. The Hall–Kier alpha value is -1.85. The van der Waals surface area contributed by atoms with E-state index in [2.05, 4.69) is 0 Å². The summed E-state index contributed by atoms with van der Waals surface area (Å²) in [4.78, 5) is 0. The molecule has 0 spiro atoms. The normalized spacial score (nSPS) is 15.8. The highest BCUT2D eigenvalue weighted by atomic mass is 19.4. The van der Waals surface area contributed by atoms with Crippen LogP contribution in [0.25, 0.3) is 0 Å². The lowest BCUT2D eigenvalue weighted by Crippen LogP contribution is -2.36. The van der Waals surface area contributed by atoms with Gasteiger partial charge < -0.3 is 10.8 Å². The Morgan fingerprint density at radius 3 is 2.17 bits per heavy atom. The first-order valence-electron chi connectivity index (χ1n) is 7.85. The van der Waals surface area contributed by atoms with Crippen molar-refractivity contribution in [2.24, 2.45) is 11.7 Å². The fourth-order valence-electron chi connectivity index (χ4n) is 2.72. The Morgan fingerprint density at radius 2 is 1.62 bits per heavy atom. The minimum Gasteiger partial charge on any atom is -0.387 e. The number of rotatable bonds is 5. The zero-order chi connectivity index (χ0) is 17.9. The molecule has 2 aromatic rings. The summed E-state index contributed by atoms with van der Waals surface area (Å²) in [6.45, 7) is 3.95. The Balaban J connectivity index is 2.08. The quantitative estimate of drug-likeness (QED) is 0.857. The highest BCUT2D eigenvalue weighted by Crippen LogP contribution is 2.31. The number of hydrogen-bond acceptors (Lipinski definition) is 2. The average Bonchev–Trinajstić information content (AvgIpc) is 2.55. The van der Waals surface area contributed by atoms with Crippen molar-refractivity contribution in [3.8, 4) is 0 Å². The van der Waals surface area contributed by atoms with Gasteiger partial charge >= 0.3 is 6.18 Å². The predicted molar refractivity (Wildman–Crippen MR) is 88.4 cm³/mol. The maximum absolute atomic E-state index is 12.6. The highest BCUT2D eigenvalue weighted by Gasteiger charge is 2.31. The van der Waals surface area contributed by atoms with Crippen molar-refractivity contribution in [3.63, 3.8) is 0 Å². The largest absolute Gasteiger partial charge is 0.416 e. The first-order valence-corrected chi connectivity index (χ1v) is 7.85. The first kappa shape index (κ1) is 18.5. The van der Waals surface area contributed by atoms with Crippen LogP contribution in [-0.2, 0) is 12.6 Å². The van der Waals surface area contributed by atoms with Crippen molar-refractivity contribution in [3.05, 3.63) is 70.8 Å². The Kier molecular flexibility index (Phi) is 5.67. The van der Waals surface area contributed by atoms with E-state index in [9.17, 15) is 18.3 Å². The smallest absolute Gasteiger partial charge is 0.387 e. The highest BCUT2D eigenvalue weighted by molar-refractivity contribution is 5.28. The fourth-order valence-corrected chi connectivity index (χ4v) is 2.72. The third-order valence-electron chi connectivity index (χ3n) is 4.40. The third kappa shape index (κ3) is 4.36. The topological polar surface area (TPSA) is 46.2 Å². The van der Waals surface area contributed by atoms with Crippen LogP contribution in [-0.4, -0.2) is 11.1 Å². The van der Waals surface area contributed by atoms with Crippen molar-refractivity contribution in [1.29, 1.82) is 0 Å². The van der Waals surface area contributed by atoms with Gasteiger partial charge in [-0.25, -0.2) is 0 Å². The van der Waals surface area contributed by atoms with Crippen LogP contribution in [0.15, 0.2) is 48.5 Å².